The number of hydrogen-bond donors (Lipinski definition) is 0. The first kappa shape index (κ1) is 15.8. The Balaban J connectivity index is 1.50. The third kappa shape index (κ3) is 2.99. The van der Waals surface area contributed by atoms with Gasteiger partial charge in [-0.05, 0) is 45.8 Å². The Kier molecular flexibility index (Phi) is 4.39. The summed E-state index contributed by atoms with van der Waals surface area (Å²) < 4.78 is 0. The van der Waals surface area contributed by atoms with Gasteiger partial charge in [-0.3, -0.25) is 4.79 Å². The highest BCUT2D eigenvalue weighted by molar-refractivity contribution is 5.97. The number of rotatable bonds is 2. The lowest BCUT2D eigenvalue weighted by Crippen LogP contribution is -2.43. The summed E-state index contributed by atoms with van der Waals surface area (Å²) in [6.45, 7) is 4.85. The molecular weight excluding hydrogens is 302 g/mol. The fourth-order valence-electron chi connectivity index (χ4n) is 4.12. The van der Waals surface area contributed by atoms with Gasteiger partial charge in [-0.1, -0.05) is 12.8 Å². The van der Waals surface area contributed by atoms with Crippen molar-refractivity contribution in [2.45, 2.75) is 51.1 Å². The Morgan fingerprint density at radius 1 is 1.04 bits per heavy atom. The van der Waals surface area contributed by atoms with Gasteiger partial charge in [-0.2, -0.15) is 0 Å². The zero-order valence-corrected chi connectivity index (χ0v) is 14.6. The lowest BCUT2D eigenvalue weighted by molar-refractivity contribution is 0.0615. The lowest BCUT2D eigenvalue weighted by Gasteiger charge is -2.34. The minimum Gasteiger partial charge on any atom is -0.341 e. The summed E-state index contributed by atoms with van der Waals surface area (Å²) in [4.78, 5) is 28.7. The molecule has 0 aliphatic carbocycles. The number of amides is 1. The first-order valence-electron chi connectivity index (χ1n) is 9.33. The zero-order valence-electron chi connectivity index (χ0n) is 14.6. The van der Waals surface area contributed by atoms with Gasteiger partial charge in [0, 0.05) is 25.3 Å². The Bertz CT molecular complexity index is 603. The van der Waals surface area contributed by atoms with Crippen LogP contribution in [0.1, 0.15) is 54.6 Å². The highest BCUT2D eigenvalue weighted by atomic mass is 16.2. The molecule has 24 heavy (non-hydrogen) atoms. The molecule has 0 atom stereocenters. The highest BCUT2D eigenvalue weighted by Crippen LogP contribution is 2.28. The summed E-state index contributed by atoms with van der Waals surface area (Å²) in [6, 6.07) is 0.351. The van der Waals surface area contributed by atoms with Crippen LogP contribution in [0.15, 0.2) is 6.20 Å². The first-order valence-corrected chi connectivity index (χ1v) is 9.33. The molecule has 3 aliphatic heterocycles. The third-order valence-corrected chi connectivity index (χ3v) is 5.68. The molecule has 6 heteroatoms. The number of hydrogen-bond acceptors (Lipinski definition) is 5. The topological polar surface area (TPSA) is 52.6 Å². The highest BCUT2D eigenvalue weighted by Gasteiger charge is 2.35. The van der Waals surface area contributed by atoms with E-state index < -0.39 is 0 Å². The number of aromatic nitrogens is 2. The molecule has 0 radical (unpaired) electrons. The molecule has 1 amide bonds. The Morgan fingerprint density at radius 3 is 2.46 bits per heavy atom. The number of anilines is 1. The van der Waals surface area contributed by atoms with Crippen LogP contribution in [0, 0.1) is 0 Å². The normalized spacial score (nSPS) is 23.5. The molecule has 2 fully saturated rings. The van der Waals surface area contributed by atoms with Crippen LogP contribution in [0.5, 0.6) is 0 Å². The SMILES string of the molecule is CN1CCC(N2Cc3nc(N4CCCCCC4)ncc3C2=O)CC1. The molecular formula is C18H27N5O. The number of nitrogens with zero attached hydrogens (tertiary/aromatic N) is 5. The summed E-state index contributed by atoms with van der Waals surface area (Å²) in [7, 11) is 2.15. The van der Waals surface area contributed by atoms with Gasteiger partial charge < -0.3 is 14.7 Å². The number of carbonyl (C=O) groups excluding carboxylic acids is 1. The summed E-state index contributed by atoms with van der Waals surface area (Å²) >= 11 is 0. The van der Waals surface area contributed by atoms with Crippen molar-refractivity contribution < 1.29 is 4.79 Å². The number of fused-ring (bicyclic) bond motifs is 1. The monoisotopic (exact) mass is 329 g/mol. The summed E-state index contributed by atoms with van der Waals surface area (Å²) in [6.07, 6.45) is 8.89. The molecule has 130 valence electrons. The maximum Gasteiger partial charge on any atom is 0.257 e. The average Bonchev–Trinajstić information content (AvgIpc) is 2.79. The predicted octanol–water partition coefficient (Wildman–Crippen LogP) is 1.91. The Hall–Kier alpha value is -1.69. The van der Waals surface area contributed by atoms with Crippen molar-refractivity contribution in [3.63, 3.8) is 0 Å². The van der Waals surface area contributed by atoms with E-state index in [9.17, 15) is 4.79 Å². The van der Waals surface area contributed by atoms with Gasteiger partial charge in [0.25, 0.3) is 5.91 Å². The molecule has 1 aromatic rings. The Morgan fingerprint density at radius 2 is 1.75 bits per heavy atom. The summed E-state index contributed by atoms with van der Waals surface area (Å²) in [5.41, 5.74) is 1.64. The first-order chi connectivity index (χ1) is 11.7. The van der Waals surface area contributed by atoms with Crippen molar-refractivity contribution in [2.24, 2.45) is 0 Å². The summed E-state index contributed by atoms with van der Waals surface area (Å²) in [5.74, 6) is 0.940. The molecule has 1 aromatic heterocycles. The fraction of sp³-hybridized carbons (Fsp3) is 0.722. The minimum atomic E-state index is 0.127. The molecule has 2 saturated heterocycles. The minimum absolute atomic E-state index is 0.127. The largest absolute Gasteiger partial charge is 0.341 e. The van der Waals surface area contributed by atoms with Gasteiger partial charge in [0.2, 0.25) is 5.95 Å². The third-order valence-electron chi connectivity index (χ3n) is 5.68. The number of likely N-dealkylation sites (tertiary alicyclic amines) is 1. The van der Waals surface area contributed by atoms with Crippen molar-refractivity contribution in [2.75, 3.05) is 38.1 Å². The molecule has 3 aliphatic rings. The van der Waals surface area contributed by atoms with E-state index in [1.54, 1.807) is 6.20 Å². The second-order valence-corrected chi connectivity index (χ2v) is 7.40. The van der Waals surface area contributed by atoms with Gasteiger partial charge in [-0.25, -0.2) is 9.97 Å². The lowest BCUT2D eigenvalue weighted by atomic mass is 10.0. The van der Waals surface area contributed by atoms with Gasteiger partial charge >= 0.3 is 0 Å². The van der Waals surface area contributed by atoms with Crippen molar-refractivity contribution in [1.82, 2.24) is 19.8 Å². The van der Waals surface area contributed by atoms with E-state index in [-0.39, 0.29) is 5.91 Å². The predicted molar refractivity (Wildman–Crippen MR) is 93.1 cm³/mol. The van der Waals surface area contributed by atoms with Gasteiger partial charge in [0.05, 0.1) is 17.8 Å². The molecule has 0 saturated carbocycles. The zero-order chi connectivity index (χ0) is 16.5. The van der Waals surface area contributed by atoms with Crippen LogP contribution < -0.4 is 4.90 Å². The molecule has 4 heterocycles. The molecule has 0 unspecified atom stereocenters. The molecule has 0 N–H and O–H groups in total. The van der Waals surface area contributed by atoms with Crippen LogP contribution >= 0.6 is 0 Å². The average molecular weight is 329 g/mol. The summed E-state index contributed by atoms with van der Waals surface area (Å²) in [5, 5.41) is 0. The smallest absolute Gasteiger partial charge is 0.257 e. The van der Waals surface area contributed by atoms with Crippen molar-refractivity contribution in [3.05, 3.63) is 17.5 Å². The fourth-order valence-corrected chi connectivity index (χ4v) is 4.12. The van der Waals surface area contributed by atoms with Gasteiger partial charge in [-0.15, -0.1) is 0 Å². The van der Waals surface area contributed by atoms with Gasteiger partial charge in [0.15, 0.2) is 0 Å². The van der Waals surface area contributed by atoms with Crippen LogP contribution in [-0.4, -0.2) is 64.9 Å². The van der Waals surface area contributed by atoms with Crippen LogP contribution in [0.3, 0.4) is 0 Å². The maximum atomic E-state index is 12.7. The van der Waals surface area contributed by atoms with E-state index in [1.165, 1.54) is 25.7 Å². The van der Waals surface area contributed by atoms with Crippen LogP contribution in [0.4, 0.5) is 5.95 Å². The van der Waals surface area contributed by atoms with E-state index >= 15 is 0 Å². The maximum absolute atomic E-state index is 12.7. The van der Waals surface area contributed by atoms with Crippen LogP contribution in [0.25, 0.3) is 0 Å². The van der Waals surface area contributed by atoms with Crippen LogP contribution in [-0.2, 0) is 6.54 Å². The number of piperidine rings is 1. The van der Waals surface area contributed by atoms with Crippen molar-refractivity contribution in [1.29, 1.82) is 0 Å². The second kappa shape index (κ2) is 6.67. The van der Waals surface area contributed by atoms with Crippen molar-refractivity contribution in [3.8, 4) is 0 Å². The van der Waals surface area contributed by atoms with E-state index in [0.29, 0.717) is 18.2 Å². The van der Waals surface area contributed by atoms with E-state index in [4.69, 9.17) is 4.98 Å². The standard InChI is InChI=1S/C18H27N5O/c1-21-10-6-14(7-11-21)23-13-16-15(17(23)24)12-19-18(20-16)22-8-4-2-3-5-9-22/h12,14H,2-11,13H2,1H3. The van der Waals surface area contributed by atoms with Gasteiger partial charge in [0.1, 0.15) is 0 Å². The molecule has 6 nitrogen and oxygen atoms in total. The molecule has 0 spiro atoms. The molecule has 0 bridgehead atoms. The van der Waals surface area contributed by atoms with E-state index in [0.717, 1.165) is 50.7 Å². The number of carbonyl (C=O) groups is 1. The second-order valence-electron chi connectivity index (χ2n) is 7.40. The van der Waals surface area contributed by atoms with Crippen LogP contribution in [0.2, 0.25) is 0 Å². The molecule has 4 rings (SSSR count). The van der Waals surface area contributed by atoms with Crippen molar-refractivity contribution >= 4 is 11.9 Å². The van der Waals surface area contributed by atoms with E-state index in [2.05, 4.69) is 21.8 Å². The Labute approximate surface area is 143 Å². The van der Waals surface area contributed by atoms with E-state index in [1.807, 2.05) is 4.90 Å². The molecule has 0 aromatic carbocycles. The quantitative estimate of drug-likeness (QED) is 0.829.